The highest BCUT2D eigenvalue weighted by Crippen LogP contribution is 2.31. The molecule has 1 aliphatic heterocycles. The van der Waals surface area contributed by atoms with Gasteiger partial charge in [-0.25, -0.2) is 0 Å². The summed E-state index contributed by atoms with van der Waals surface area (Å²) in [5.74, 6) is -0.520. The second kappa shape index (κ2) is 8.53. The van der Waals surface area contributed by atoms with Gasteiger partial charge in [0.25, 0.3) is 11.6 Å². The summed E-state index contributed by atoms with van der Waals surface area (Å²) in [6.07, 6.45) is 2.00. The quantitative estimate of drug-likeness (QED) is 0.437. The highest BCUT2D eigenvalue weighted by molar-refractivity contribution is 7.80. The Balaban J connectivity index is 1.74. The van der Waals surface area contributed by atoms with Crippen molar-refractivity contribution in [2.24, 2.45) is 0 Å². The van der Waals surface area contributed by atoms with E-state index in [2.05, 4.69) is 10.6 Å². The maximum atomic E-state index is 12.5. The van der Waals surface area contributed by atoms with Crippen LogP contribution in [0.2, 0.25) is 5.02 Å². The average molecular weight is 419 g/mol. The molecule has 0 atom stereocenters. The van der Waals surface area contributed by atoms with Crippen LogP contribution in [0.5, 0.6) is 0 Å². The molecule has 0 bridgehead atoms. The van der Waals surface area contributed by atoms with Crippen molar-refractivity contribution in [3.63, 3.8) is 0 Å². The maximum Gasteiger partial charge on any atom is 0.293 e. The predicted molar refractivity (Wildman–Crippen MR) is 114 cm³/mol. The Morgan fingerprint density at radius 2 is 1.93 bits per heavy atom. The Kier molecular flexibility index (Phi) is 6.11. The summed E-state index contributed by atoms with van der Waals surface area (Å²) in [5, 5.41) is 17.6. The molecule has 0 aromatic heterocycles. The minimum atomic E-state index is -0.520. The van der Waals surface area contributed by atoms with Crippen LogP contribution in [0, 0.1) is 17.0 Å². The van der Waals surface area contributed by atoms with Crippen molar-refractivity contribution in [1.82, 2.24) is 5.32 Å². The molecule has 0 unspecified atom stereocenters. The highest BCUT2D eigenvalue weighted by Gasteiger charge is 2.24. The van der Waals surface area contributed by atoms with Crippen LogP contribution >= 0.6 is 23.8 Å². The molecule has 9 heteroatoms. The molecule has 0 aliphatic carbocycles. The second-order valence-electron chi connectivity index (χ2n) is 6.52. The van der Waals surface area contributed by atoms with Gasteiger partial charge in [0.1, 0.15) is 5.69 Å². The van der Waals surface area contributed by atoms with Crippen molar-refractivity contribution in [1.29, 1.82) is 0 Å². The average Bonchev–Trinajstić information content (AvgIpc) is 3.18. The lowest BCUT2D eigenvalue weighted by Gasteiger charge is -2.18. The summed E-state index contributed by atoms with van der Waals surface area (Å²) < 4.78 is 0. The summed E-state index contributed by atoms with van der Waals surface area (Å²) >= 11 is 11.2. The van der Waals surface area contributed by atoms with Gasteiger partial charge >= 0.3 is 0 Å². The summed E-state index contributed by atoms with van der Waals surface area (Å²) in [4.78, 5) is 25.5. The largest absolute Gasteiger partial charge is 0.366 e. The normalized spacial score (nSPS) is 13.3. The molecule has 2 aromatic rings. The lowest BCUT2D eigenvalue weighted by atomic mass is 10.1. The van der Waals surface area contributed by atoms with E-state index in [-0.39, 0.29) is 16.4 Å². The van der Waals surface area contributed by atoms with E-state index in [0.29, 0.717) is 16.4 Å². The van der Waals surface area contributed by atoms with Crippen molar-refractivity contribution in [2.45, 2.75) is 19.8 Å². The maximum absolute atomic E-state index is 12.5. The molecular weight excluding hydrogens is 400 g/mol. The number of benzene rings is 2. The number of hydrogen-bond donors (Lipinski definition) is 2. The second-order valence-corrected chi connectivity index (χ2v) is 7.37. The summed E-state index contributed by atoms with van der Waals surface area (Å²) in [5.41, 5.74) is 2.20. The van der Waals surface area contributed by atoms with Gasteiger partial charge in [0.2, 0.25) is 0 Å². The summed E-state index contributed by atoms with van der Waals surface area (Å²) in [6.45, 7) is 3.43. The number of amides is 1. The van der Waals surface area contributed by atoms with Crippen LogP contribution in [0.3, 0.4) is 0 Å². The molecule has 0 saturated carbocycles. The number of rotatable bonds is 4. The molecular formula is C19H19ClN4O3S. The number of anilines is 2. The fraction of sp³-hybridized carbons (Fsp3) is 0.263. The molecule has 3 rings (SSSR count). The van der Waals surface area contributed by atoms with E-state index in [1.807, 2.05) is 17.9 Å². The van der Waals surface area contributed by atoms with Crippen molar-refractivity contribution in [3.05, 3.63) is 62.7 Å². The molecule has 28 heavy (non-hydrogen) atoms. The van der Waals surface area contributed by atoms with E-state index in [9.17, 15) is 14.9 Å². The molecule has 2 aromatic carbocycles. The van der Waals surface area contributed by atoms with Gasteiger partial charge < -0.3 is 10.2 Å². The van der Waals surface area contributed by atoms with E-state index >= 15 is 0 Å². The Labute approximate surface area is 172 Å². The van der Waals surface area contributed by atoms with E-state index in [4.69, 9.17) is 23.8 Å². The first kappa shape index (κ1) is 20.0. The van der Waals surface area contributed by atoms with Crippen LogP contribution in [0.15, 0.2) is 36.4 Å². The van der Waals surface area contributed by atoms with Gasteiger partial charge in [-0.15, -0.1) is 0 Å². The van der Waals surface area contributed by atoms with E-state index in [1.165, 1.54) is 6.07 Å². The number of nitro groups is 1. The third kappa shape index (κ3) is 4.58. The number of hydrogen-bond acceptors (Lipinski definition) is 5. The first-order valence-electron chi connectivity index (χ1n) is 8.77. The number of nitrogens with zero attached hydrogens (tertiary/aromatic N) is 2. The number of aryl methyl sites for hydroxylation is 1. The Morgan fingerprint density at radius 3 is 2.61 bits per heavy atom. The SMILES string of the molecule is Cc1ccc(Cl)cc1NC(=S)NC(=O)c1ccc(N2CCCC2)c([N+](=O)[O-])c1. The van der Waals surface area contributed by atoms with E-state index in [0.717, 1.165) is 31.5 Å². The highest BCUT2D eigenvalue weighted by atomic mass is 35.5. The van der Waals surface area contributed by atoms with Crippen LogP contribution in [0.1, 0.15) is 28.8 Å². The van der Waals surface area contributed by atoms with Crippen LogP contribution in [0.4, 0.5) is 17.1 Å². The van der Waals surface area contributed by atoms with Crippen LogP contribution in [-0.4, -0.2) is 29.0 Å². The molecule has 7 nitrogen and oxygen atoms in total. The molecule has 2 N–H and O–H groups in total. The molecule has 1 amide bonds. The number of carbonyl (C=O) groups is 1. The molecule has 146 valence electrons. The molecule has 0 spiro atoms. The zero-order valence-corrected chi connectivity index (χ0v) is 16.8. The van der Waals surface area contributed by atoms with E-state index in [1.54, 1.807) is 24.3 Å². The Hall–Kier alpha value is -2.71. The van der Waals surface area contributed by atoms with Gasteiger partial charge in [-0.3, -0.25) is 20.2 Å². The fourth-order valence-corrected chi connectivity index (χ4v) is 3.47. The first-order chi connectivity index (χ1) is 13.3. The molecule has 0 radical (unpaired) electrons. The minimum absolute atomic E-state index is 0.0842. The number of carbonyl (C=O) groups excluding carboxylic acids is 1. The van der Waals surface area contributed by atoms with Gasteiger partial charge in [0.15, 0.2) is 5.11 Å². The zero-order valence-electron chi connectivity index (χ0n) is 15.2. The van der Waals surface area contributed by atoms with Gasteiger partial charge in [0.05, 0.1) is 4.92 Å². The van der Waals surface area contributed by atoms with Gasteiger partial charge in [-0.2, -0.15) is 0 Å². The summed E-state index contributed by atoms with van der Waals surface area (Å²) in [6, 6.07) is 9.76. The van der Waals surface area contributed by atoms with Crippen LogP contribution in [-0.2, 0) is 0 Å². The fourth-order valence-electron chi connectivity index (χ4n) is 3.09. The third-order valence-electron chi connectivity index (χ3n) is 4.56. The van der Waals surface area contributed by atoms with Crippen molar-refractivity contribution < 1.29 is 9.72 Å². The number of nitrogens with one attached hydrogen (secondary N) is 2. The van der Waals surface area contributed by atoms with Crippen LogP contribution in [0.25, 0.3) is 0 Å². The topological polar surface area (TPSA) is 87.5 Å². The first-order valence-corrected chi connectivity index (χ1v) is 9.55. The van der Waals surface area contributed by atoms with Crippen molar-refractivity contribution in [3.8, 4) is 0 Å². The number of nitro benzene ring substituents is 1. The zero-order chi connectivity index (χ0) is 20.3. The van der Waals surface area contributed by atoms with Crippen molar-refractivity contribution in [2.75, 3.05) is 23.3 Å². The van der Waals surface area contributed by atoms with Gasteiger partial charge in [0, 0.05) is 35.4 Å². The molecule has 1 heterocycles. The Morgan fingerprint density at radius 1 is 1.21 bits per heavy atom. The van der Waals surface area contributed by atoms with Crippen LogP contribution < -0.4 is 15.5 Å². The lowest BCUT2D eigenvalue weighted by Crippen LogP contribution is -2.34. The lowest BCUT2D eigenvalue weighted by molar-refractivity contribution is -0.384. The molecule has 1 saturated heterocycles. The van der Waals surface area contributed by atoms with Crippen molar-refractivity contribution >= 4 is 51.9 Å². The third-order valence-corrected chi connectivity index (χ3v) is 5.00. The number of halogens is 1. The standard InChI is InChI=1S/C19H19ClN4O3S/c1-12-4-6-14(20)11-15(12)21-19(28)22-18(25)13-5-7-16(17(10-13)24(26)27)23-8-2-3-9-23/h4-7,10-11H,2-3,8-9H2,1H3,(H2,21,22,25,28). The van der Waals surface area contributed by atoms with Gasteiger partial charge in [-0.05, 0) is 61.8 Å². The molecule has 1 aliphatic rings. The van der Waals surface area contributed by atoms with E-state index < -0.39 is 10.8 Å². The predicted octanol–water partition coefficient (Wildman–Crippen LogP) is 4.28. The minimum Gasteiger partial charge on any atom is -0.366 e. The van der Waals surface area contributed by atoms with Gasteiger partial charge in [-0.1, -0.05) is 17.7 Å². The Bertz CT molecular complexity index is 945. The monoisotopic (exact) mass is 418 g/mol. The smallest absolute Gasteiger partial charge is 0.293 e. The molecule has 1 fully saturated rings. The number of thiocarbonyl (C=S) groups is 1. The summed E-state index contributed by atoms with van der Waals surface area (Å²) in [7, 11) is 0.